The van der Waals surface area contributed by atoms with Gasteiger partial charge in [0.25, 0.3) is 5.91 Å². The van der Waals surface area contributed by atoms with Crippen molar-refractivity contribution < 1.29 is 9.53 Å². The van der Waals surface area contributed by atoms with Crippen molar-refractivity contribution in [3.05, 3.63) is 97.0 Å². The summed E-state index contributed by atoms with van der Waals surface area (Å²) >= 11 is 14.2. The van der Waals surface area contributed by atoms with Crippen molar-refractivity contribution in [1.29, 1.82) is 0 Å². The average Bonchev–Trinajstić information content (AvgIpc) is 2.69. The van der Waals surface area contributed by atoms with E-state index in [4.69, 9.17) is 27.9 Å². The first-order valence-corrected chi connectivity index (χ1v) is 10.1. The first kappa shape index (κ1) is 20.6. The minimum atomic E-state index is -0.257. The van der Waals surface area contributed by atoms with Gasteiger partial charge in [-0.3, -0.25) is 4.79 Å². The fraction of sp³-hybridized carbons (Fsp3) is 0.0476. The van der Waals surface area contributed by atoms with E-state index in [1.165, 1.54) is 0 Å². The number of carbonyl (C=O) groups excluding carboxylic acids is 1. The van der Waals surface area contributed by atoms with E-state index in [0.717, 1.165) is 14.7 Å². The van der Waals surface area contributed by atoms with Gasteiger partial charge in [-0.2, -0.15) is 5.10 Å². The Kier molecular flexibility index (Phi) is 7.30. The predicted octanol–water partition coefficient (Wildman–Crippen LogP) is 5.94. The molecule has 1 N–H and O–H groups in total. The molecule has 142 valence electrons. The van der Waals surface area contributed by atoms with Crippen LogP contribution in [0.4, 0.5) is 0 Å². The second kappa shape index (κ2) is 9.91. The summed E-state index contributed by atoms with van der Waals surface area (Å²) in [6.45, 7) is 0.343. The van der Waals surface area contributed by atoms with Crippen LogP contribution >= 0.6 is 45.8 Å². The van der Waals surface area contributed by atoms with Crippen LogP contribution in [0.15, 0.2) is 71.8 Å². The minimum absolute atomic E-state index is 0.257. The van der Waals surface area contributed by atoms with Crippen LogP contribution in [-0.2, 0) is 6.61 Å². The molecule has 0 unspecified atom stereocenters. The molecule has 0 atom stereocenters. The predicted molar refractivity (Wildman–Crippen MR) is 121 cm³/mol. The van der Waals surface area contributed by atoms with Crippen molar-refractivity contribution >= 4 is 57.9 Å². The van der Waals surface area contributed by atoms with Crippen LogP contribution in [0.1, 0.15) is 21.5 Å². The molecule has 0 aliphatic carbocycles. The number of halogens is 3. The molecule has 1 amide bonds. The molecular weight excluding hydrogens is 510 g/mol. The number of nitrogens with one attached hydrogen (secondary N) is 1. The van der Waals surface area contributed by atoms with Crippen LogP contribution in [0.25, 0.3) is 0 Å². The van der Waals surface area contributed by atoms with Crippen LogP contribution < -0.4 is 10.2 Å². The molecule has 0 saturated heterocycles. The van der Waals surface area contributed by atoms with Gasteiger partial charge in [-0.1, -0.05) is 29.3 Å². The Morgan fingerprint density at radius 2 is 1.75 bits per heavy atom. The van der Waals surface area contributed by atoms with Crippen molar-refractivity contribution in [2.75, 3.05) is 0 Å². The van der Waals surface area contributed by atoms with E-state index >= 15 is 0 Å². The molecule has 0 spiro atoms. The topological polar surface area (TPSA) is 50.7 Å². The molecule has 3 aromatic carbocycles. The maximum absolute atomic E-state index is 12.0. The summed E-state index contributed by atoms with van der Waals surface area (Å²) in [7, 11) is 0. The van der Waals surface area contributed by atoms with Gasteiger partial charge in [0, 0.05) is 24.7 Å². The number of hydrogen-bond donors (Lipinski definition) is 1. The summed E-state index contributed by atoms with van der Waals surface area (Å²) in [5.41, 5.74) is 4.76. The van der Waals surface area contributed by atoms with E-state index in [1.807, 2.05) is 42.5 Å². The summed E-state index contributed by atoms with van der Waals surface area (Å²) < 4.78 is 6.80. The Balaban J connectivity index is 1.53. The van der Waals surface area contributed by atoms with Gasteiger partial charge in [-0.15, -0.1) is 0 Å². The van der Waals surface area contributed by atoms with E-state index < -0.39 is 0 Å². The molecular formula is C21H15Cl2IN2O2. The fourth-order valence-electron chi connectivity index (χ4n) is 2.28. The standard InChI is InChI=1S/C21H15Cl2IN2O2/c22-17-6-3-16(20(23)11-17)13-28-19-9-1-14(2-10-19)12-25-26-21(27)15-4-7-18(24)8-5-15/h1-12H,13H2,(H,26,27)/b25-12-. The van der Waals surface area contributed by atoms with Gasteiger partial charge in [-0.05, 0) is 88.8 Å². The van der Waals surface area contributed by atoms with Gasteiger partial charge in [0.05, 0.1) is 6.21 Å². The first-order chi connectivity index (χ1) is 13.5. The smallest absolute Gasteiger partial charge is 0.271 e. The molecule has 0 bridgehead atoms. The van der Waals surface area contributed by atoms with Crippen molar-refractivity contribution in [3.63, 3.8) is 0 Å². The minimum Gasteiger partial charge on any atom is -0.489 e. The van der Waals surface area contributed by atoms with Gasteiger partial charge < -0.3 is 4.74 Å². The Labute approximate surface area is 186 Å². The van der Waals surface area contributed by atoms with Crippen molar-refractivity contribution in [1.82, 2.24) is 5.43 Å². The third-order valence-electron chi connectivity index (χ3n) is 3.78. The Morgan fingerprint density at radius 1 is 1.04 bits per heavy atom. The lowest BCUT2D eigenvalue weighted by atomic mass is 10.2. The SMILES string of the molecule is O=C(N/N=C\c1ccc(OCc2ccc(Cl)cc2Cl)cc1)c1ccc(I)cc1. The lowest BCUT2D eigenvalue weighted by molar-refractivity contribution is 0.0955. The highest BCUT2D eigenvalue weighted by Gasteiger charge is 2.04. The highest BCUT2D eigenvalue weighted by atomic mass is 127. The number of carbonyl (C=O) groups is 1. The maximum Gasteiger partial charge on any atom is 0.271 e. The van der Waals surface area contributed by atoms with E-state index in [1.54, 1.807) is 30.5 Å². The number of hydrazone groups is 1. The monoisotopic (exact) mass is 524 g/mol. The average molecular weight is 525 g/mol. The third-order valence-corrected chi connectivity index (χ3v) is 5.08. The first-order valence-electron chi connectivity index (χ1n) is 8.27. The van der Waals surface area contributed by atoms with E-state index in [0.29, 0.717) is 28.0 Å². The van der Waals surface area contributed by atoms with Crippen LogP contribution in [-0.4, -0.2) is 12.1 Å². The molecule has 28 heavy (non-hydrogen) atoms. The Hall–Kier alpha value is -2.09. The number of rotatable bonds is 6. The number of benzene rings is 3. The van der Waals surface area contributed by atoms with E-state index in [-0.39, 0.29) is 5.91 Å². The third kappa shape index (κ3) is 5.95. The summed E-state index contributed by atoms with van der Waals surface area (Å²) in [4.78, 5) is 12.0. The van der Waals surface area contributed by atoms with Gasteiger partial charge >= 0.3 is 0 Å². The zero-order valence-corrected chi connectivity index (χ0v) is 18.2. The second-order valence-corrected chi connectivity index (χ2v) is 7.89. The second-order valence-electron chi connectivity index (χ2n) is 5.80. The van der Waals surface area contributed by atoms with Crippen LogP contribution in [0, 0.1) is 3.57 Å². The molecule has 0 radical (unpaired) electrons. The zero-order valence-electron chi connectivity index (χ0n) is 14.5. The molecule has 0 fully saturated rings. The largest absolute Gasteiger partial charge is 0.489 e. The lowest BCUT2D eigenvalue weighted by Crippen LogP contribution is -2.17. The maximum atomic E-state index is 12.0. The van der Waals surface area contributed by atoms with Gasteiger partial charge in [0.2, 0.25) is 0 Å². The molecule has 4 nitrogen and oxygen atoms in total. The van der Waals surface area contributed by atoms with Crippen molar-refractivity contribution in [3.8, 4) is 5.75 Å². The van der Waals surface area contributed by atoms with E-state index in [9.17, 15) is 4.79 Å². The summed E-state index contributed by atoms with van der Waals surface area (Å²) in [6.07, 6.45) is 1.57. The summed E-state index contributed by atoms with van der Waals surface area (Å²) in [5.74, 6) is 0.443. The molecule has 3 aromatic rings. The number of hydrogen-bond acceptors (Lipinski definition) is 3. The van der Waals surface area contributed by atoms with Crippen molar-refractivity contribution in [2.24, 2.45) is 5.10 Å². The zero-order chi connectivity index (χ0) is 19.9. The van der Waals surface area contributed by atoms with Gasteiger partial charge in [-0.25, -0.2) is 5.43 Å². The highest BCUT2D eigenvalue weighted by Crippen LogP contribution is 2.22. The Bertz CT molecular complexity index is 990. The number of nitrogens with zero attached hydrogens (tertiary/aromatic N) is 1. The molecule has 0 saturated carbocycles. The lowest BCUT2D eigenvalue weighted by Gasteiger charge is -2.08. The van der Waals surface area contributed by atoms with E-state index in [2.05, 4.69) is 33.1 Å². The molecule has 0 aliphatic rings. The Morgan fingerprint density at radius 3 is 2.43 bits per heavy atom. The van der Waals surface area contributed by atoms with Gasteiger partial charge in [0.15, 0.2) is 0 Å². The molecule has 0 aromatic heterocycles. The normalized spacial score (nSPS) is 10.8. The van der Waals surface area contributed by atoms with Crippen LogP contribution in [0.3, 0.4) is 0 Å². The van der Waals surface area contributed by atoms with Gasteiger partial charge in [0.1, 0.15) is 12.4 Å². The molecule has 7 heteroatoms. The molecule has 0 aliphatic heterocycles. The number of ether oxygens (including phenoxy) is 1. The van der Waals surface area contributed by atoms with Crippen LogP contribution in [0.5, 0.6) is 5.75 Å². The van der Waals surface area contributed by atoms with Crippen molar-refractivity contribution in [2.45, 2.75) is 6.61 Å². The quantitative estimate of drug-likeness (QED) is 0.246. The summed E-state index contributed by atoms with van der Waals surface area (Å²) in [5, 5.41) is 5.15. The number of amides is 1. The fourth-order valence-corrected chi connectivity index (χ4v) is 3.10. The highest BCUT2D eigenvalue weighted by molar-refractivity contribution is 14.1. The summed E-state index contributed by atoms with van der Waals surface area (Å²) in [6, 6.07) is 19.9. The molecule has 0 heterocycles. The van der Waals surface area contributed by atoms with Crippen LogP contribution in [0.2, 0.25) is 10.0 Å². The molecule has 3 rings (SSSR count).